The van der Waals surface area contributed by atoms with Crippen molar-refractivity contribution in [2.24, 2.45) is 18.7 Å². The van der Waals surface area contributed by atoms with Crippen LogP contribution in [0.2, 0.25) is 0 Å². The Hall–Kier alpha value is -1.88. The van der Waals surface area contributed by atoms with E-state index in [1.54, 1.807) is 4.90 Å². The average Bonchev–Trinajstić information content (AvgIpc) is 3.04. The minimum absolute atomic E-state index is 0.161. The molecule has 0 unspecified atom stereocenters. The first-order chi connectivity index (χ1) is 10.6. The minimum atomic E-state index is 0.161. The van der Waals surface area contributed by atoms with Crippen molar-refractivity contribution in [1.82, 2.24) is 14.5 Å². The van der Waals surface area contributed by atoms with E-state index in [0.717, 1.165) is 36.1 Å². The van der Waals surface area contributed by atoms with Gasteiger partial charge in [-0.3, -0.25) is 4.79 Å². The van der Waals surface area contributed by atoms with Gasteiger partial charge in [0.25, 0.3) is 0 Å². The van der Waals surface area contributed by atoms with Crippen molar-refractivity contribution < 1.29 is 4.79 Å². The smallest absolute Gasteiger partial charge is 0.223 e. The number of carbonyl (C=O) groups is 1. The van der Waals surface area contributed by atoms with E-state index in [0.29, 0.717) is 18.9 Å². The highest BCUT2D eigenvalue weighted by molar-refractivity contribution is 5.77. The Balaban J connectivity index is 1.68. The van der Waals surface area contributed by atoms with Crippen LogP contribution in [0, 0.1) is 5.92 Å². The predicted octanol–water partition coefficient (Wildman–Crippen LogP) is 2.05. The van der Waals surface area contributed by atoms with Crippen LogP contribution in [0.3, 0.4) is 0 Å². The molecule has 118 valence electrons. The molecule has 1 amide bonds. The van der Waals surface area contributed by atoms with Crippen molar-refractivity contribution in [2.45, 2.75) is 38.3 Å². The van der Waals surface area contributed by atoms with Crippen LogP contribution in [0.1, 0.15) is 31.5 Å². The number of nitrogens with two attached hydrogens (primary N) is 1. The van der Waals surface area contributed by atoms with Gasteiger partial charge in [-0.05, 0) is 30.9 Å². The molecule has 1 saturated carbocycles. The summed E-state index contributed by atoms with van der Waals surface area (Å²) in [5.74, 6) is 1.41. The zero-order valence-corrected chi connectivity index (χ0v) is 13.3. The number of imidazole rings is 1. The first kappa shape index (κ1) is 15.0. The number of carbonyl (C=O) groups excluding carboxylic acids is 1. The van der Waals surface area contributed by atoms with Crippen molar-refractivity contribution in [3.8, 4) is 0 Å². The number of aryl methyl sites for hydroxylation is 1. The first-order valence-electron chi connectivity index (χ1n) is 7.96. The number of rotatable bonds is 4. The second-order valence-corrected chi connectivity index (χ2v) is 6.38. The van der Waals surface area contributed by atoms with Gasteiger partial charge < -0.3 is 15.2 Å². The SMILES string of the molecule is CN(Cc1nc2ccccc2n1C)C(=O)C[C@@H]1CCC[C@H]1N. The Bertz CT molecular complexity index is 678. The molecule has 22 heavy (non-hydrogen) atoms. The number of hydrogen-bond acceptors (Lipinski definition) is 3. The maximum absolute atomic E-state index is 12.4. The number of aromatic nitrogens is 2. The molecule has 0 spiro atoms. The molecular weight excluding hydrogens is 276 g/mol. The monoisotopic (exact) mass is 300 g/mol. The molecule has 2 atom stereocenters. The molecule has 3 rings (SSSR count). The van der Waals surface area contributed by atoms with Gasteiger partial charge in [-0.15, -0.1) is 0 Å². The topological polar surface area (TPSA) is 64.2 Å². The largest absolute Gasteiger partial charge is 0.338 e. The normalized spacial score (nSPS) is 21.4. The summed E-state index contributed by atoms with van der Waals surface area (Å²) in [6, 6.07) is 8.22. The molecule has 5 nitrogen and oxygen atoms in total. The Labute approximate surface area is 131 Å². The van der Waals surface area contributed by atoms with Gasteiger partial charge >= 0.3 is 0 Å². The van der Waals surface area contributed by atoms with Crippen LogP contribution in [0.5, 0.6) is 0 Å². The van der Waals surface area contributed by atoms with Crippen LogP contribution in [-0.2, 0) is 18.4 Å². The summed E-state index contributed by atoms with van der Waals surface area (Å²) in [5, 5.41) is 0. The predicted molar refractivity (Wildman–Crippen MR) is 87.1 cm³/mol. The summed E-state index contributed by atoms with van der Waals surface area (Å²) in [5.41, 5.74) is 8.13. The Morgan fingerprint density at radius 3 is 2.86 bits per heavy atom. The third kappa shape index (κ3) is 2.86. The second-order valence-electron chi connectivity index (χ2n) is 6.38. The molecule has 0 radical (unpaired) electrons. The standard InChI is InChI=1S/C17H24N4O/c1-20(17(22)10-12-6-5-7-13(12)18)11-16-19-14-8-3-4-9-15(14)21(16)2/h3-4,8-9,12-13H,5-7,10-11,18H2,1-2H3/t12-,13+/m0/s1. The Morgan fingerprint density at radius 1 is 1.41 bits per heavy atom. The van der Waals surface area contributed by atoms with Gasteiger partial charge in [-0.25, -0.2) is 4.98 Å². The molecule has 1 fully saturated rings. The molecular formula is C17H24N4O. The zero-order chi connectivity index (χ0) is 15.7. The van der Waals surface area contributed by atoms with Crippen LogP contribution in [0.4, 0.5) is 0 Å². The number of amides is 1. The Kier molecular flexibility index (Phi) is 4.16. The second kappa shape index (κ2) is 6.08. The highest BCUT2D eigenvalue weighted by atomic mass is 16.2. The van der Waals surface area contributed by atoms with E-state index in [1.807, 2.05) is 38.4 Å². The third-order valence-electron chi connectivity index (χ3n) is 4.84. The lowest BCUT2D eigenvalue weighted by Gasteiger charge is -2.21. The van der Waals surface area contributed by atoms with E-state index < -0.39 is 0 Å². The summed E-state index contributed by atoms with van der Waals surface area (Å²) >= 11 is 0. The van der Waals surface area contributed by atoms with Gasteiger partial charge in [-0.2, -0.15) is 0 Å². The van der Waals surface area contributed by atoms with Gasteiger partial charge in [-0.1, -0.05) is 18.6 Å². The number of hydrogen-bond donors (Lipinski definition) is 1. The van der Waals surface area contributed by atoms with Crippen molar-refractivity contribution in [3.63, 3.8) is 0 Å². The fourth-order valence-electron chi connectivity index (χ4n) is 3.34. The van der Waals surface area contributed by atoms with Crippen LogP contribution < -0.4 is 5.73 Å². The van der Waals surface area contributed by atoms with Crippen molar-refractivity contribution in [3.05, 3.63) is 30.1 Å². The fourth-order valence-corrected chi connectivity index (χ4v) is 3.34. The van der Waals surface area contributed by atoms with E-state index in [2.05, 4.69) is 9.55 Å². The summed E-state index contributed by atoms with van der Waals surface area (Å²) in [4.78, 5) is 18.8. The van der Waals surface area contributed by atoms with Crippen LogP contribution in [0.25, 0.3) is 11.0 Å². The van der Waals surface area contributed by atoms with Gasteiger partial charge in [0.05, 0.1) is 17.6 Å². The maximum atomic E-state index is 12.4. The van der Waals surface area contributed by atoms with Crippen LogP contribution in [0.15, 0.2) is 24.3 Å². The van der Waals surface area contributed by atoms with E-state index >= 15 is 0 Å². The molecule has 2 aromatic rings. The molecule has 1 aliphatic rings. The Morgan fingerprint density at radius 2 is 2.18 bits per heavy atom. The fraction of sp³-hybridized carbons (Fsp3) is 0.529. The highest BCUT2D eigenvalue weighted by Gasteiger charge is 2.27. The van der Waals surface area contributed by atoms with Crippen molar-refractivity contribution >= 4 is 16.9 Å². The first-order valence-corrected chi connectivity index (χ1v) is 7.96. The third-order valence-corrected chi connectivity index (χ3v) is 4.84. The molecule has 1 heterocycles. The average molecular weight is 300 g/mol. The zero-order valence-electron chi connectivity index (χ0n) is 13.3. The number of benzene rings is 1. The molecule has 0 saturated heterocycles. The summed E-state index contributed by atoms with van der Waals surface area (Å²) < 4.78 is 2.06. The van der Waals surface area contributed by atoms with E-state index in [-0.39, 0.29) is 11.9 Å². The summed E-state index contributed by atoms with van der Waals surface area (Å²) in [6.45, 7) is 0.534. The van der Waals surface area contributed by atoms with Crippen molar-refractivity contribution in [1.29, 1.82) is 0 Å². The summed E-state index contributed by atoms with van der Waals surface area (Å²) in [6.07, 6.45) is 3.83. The molecule has 0 aliphatic heterocycles. The lowest BCUT2D eigenvalue weighted by atomic mass is 9.99. The maximum Gasteiger partial charge on any atom is 0.223 e. The quantitative estimate of drug-likeness (QED) is 0.940. The minimum Gasteiger partial charge on any atom is -0.338 e. The van der Waals surface area contributed by atoms with Gasteiger partial charge in [0.15, 0.2) is 0 Å². The molecule has 5 heteroatoms. The lowest BCUT2D eigenvalue weighted by molar-refractivity contribution is -0.131. The van der Waals surface area contributed by atoms with E-state index in [4.69, 9.17) is 5.73 Å². The number of nitrogens with zero attached hydrogens (tertiary/aromatic N) is 3. The van der Waals surface area contributed by atoms with Gasteiger partial charge in [0.1, 0.15) is 5.82 Å². The lowest BCUT2D eigenvalue weighted by Crippen LogP contribution is -2.33. The summed E-state index contributed by atoms with van der Waals surface area (Å²) in [7, 11) is 3.85. The molecule has 2 N–H and O–H groups in total. The number of fused-ring (bicyclic) bond motifs is 1. The van der Waals surface area contributed by atoms with Crippen LogP contribution >= 0.6 is 0 Å². The highest BCUT2D eigenvalue weighted by Crippen LogP contribution is 2.27. The molecule has 1 aromatic heterocycles. The number of para-hydroxylation sites is 2. The van der Waals surface area contributed by atoms with Gasteiger partial charge in [0.2, 0.25) is 5.91 Å². The molecule has 1 aliphatic carbocycles. The molecule has 1 aromatic carbocycles. The van der Waals surface area contributed by atoms with Crippen LogP contribution in [-0.4, -0.2) is 33.4 Å². The van der Waals surface area contributed by atoms with Crippen molar-refractivity contribution in [2.75, 3.05) is 7.05 Å². The molecule has 0 bridgehead atoms. The van der Waals surface area contributed by atoms with E-state index in [9.17, 15) is 4.79 Å². The van der Waals surface area contributed by atoms with Gasteiger partial charge in [0, 0.05) is 26.6 Å². The van der Waals surface area contributed by atoms with E-state index in [1.165, 1.54) is 0 Å².